The Morgan fingerprint density at radius 1 is 1.36 bits per heavy atom. The lowest BCUT2D eigenvalue weighted by Crippen LogP contribution is -2.23. The molecule has 0 aliphatic heterocycles. The van der Waals surface area contributed by atoms with Gasteiger partial charge in [-0.25, -0.2) is 9.97 Å². The molecule has 2 aromatic heterocycles. The van der Waals surface area contributed by atoms with Crippen LogP contribution < -0.4 is 11.1 Å². The fourth-order valence-electron chi connectivity index (χ4n) is 3.30. The van der Waals surface area contributed by atoms with Gasteiger partial charge in [-0.3, -0.25) is 9.59 Å². The monoisotopic (exact) mass is 401 g/mol. The van der Waals surface area contributed by atoms with Gasteiger partial charge >= 0.3 is 0 Å². The normalized spacial score (nSPS) is 16.7. The van der Waals surface area contributed by atoms with Gasteiger partial charge in [0.2, 0.25) is 0 Å². The van der Waals surface area contributed by atoms with Crippen LogP contribution in [0.15, 0.2) is 18.3 Å². The highest BCUT2D eigenvalue weighted by molar-refractivity contribution is 7.17. The molecule has 1 aliphatic rings. The number of anilines is 2. The summed E-state index contributed by atoms with van der Waals surface area (Å²) >= 11 is 1.37. The largest absolute Gasteiger partial charge is 0.384 e. The molecule has 1 atom stereocenters. The Bertz CT molecular complexity index is 832. The van der Waals surface area contributed by atoms with Gasteiger partial charge in [0, 0.05) is 18.3 Å². The molecule has 3 N–H and O–H groups in total. The number of fused-ring (bicyclic) bond motifs is 1. The number of nitrogens with zero attached hydrogens (tertiary/aromatic N) is 3. The molecule has 1 unspecified atom stereocenters. The number of aryl methyl sites for hydroxylation is 1. The van der Waals surface area contributed by atoms with Gasteiger partial charge in [-0.1, -0.05) is 11.3 Å². The van der Waals surface area contributed by atoms with Crippen LogP contribution in [0.25, 0.3) is 0 Å². The quantitative estimate of drug-likeness (QED) is 0.303. The van der Waals surface area contributed by atoms with Crippen LogP contribution in [0, 0.1) is 5.92 Å². The summed E-state index contributed by atoms with van der Waals surface area (Å²) < 4.78 is 0. The molecule has 0 aromatic carbocycles. The van der Waals surface area contributed by atoms with E-state index in [1.54, 1.807) is 12.1 Å². The molecule has 0 radical (unpaired) electrons. The van der Waals surface area contributed by atoms with Gasteiger partial charge in [0.1, 0.15) is 5.82 Å². The number of hydrogen-bond donors (Lipinski definition) is 2. The second-order valence-corrected chi connectivity index (χ2v) is 8.38. The Labute approximate surface area is 169 Å². The third kappa shape index (κ3) is 4.94. The SMILES string of the molecule is CN(C)CCCCNc1nc2c(s1)C(=O)C(C(=O)c1ccc(N)nc1)CCC2. The van der Waals surface area contributed by atoms with Gasteiger partial charge in [-0.05, 0) is 64.9 Å². The minimum atomic E-state index is -0.667. The fraction of sp³-hybridized carbons (Fsp3) is 0.500. The predicted octanol–water partition coefficient (Wildman–Crippen LogP) is 2.89. The van der Waals surface area contributed by atoms with Crippen LogP contribution in [0.5, 0.6) is 0 Å². The maximum atomic E-state index is 13.1. The van der Waals surface area contributed by atoms with Crippen molar-refractivity contribution >= 4 is 33.9 Å². The smallest absolute Gasteiger partial charge is 0.185 e. The molecule has 8 heteroatoms. The molecule has 2 aromatic rings. The topological polar surface area (TPSA) is 101 Å². The number of nitrogens with one attached hydrogen (secondary N) is 1. The van der Waals surface area contributed by atoms with Crippen molar-refractivity contribution in [2.75, 3.05) is 38.2 Å². The number of carbonyl (C=O) groups is 2. The van der Waals surface area contributed by atoms with Crippen molar-refractivity contribution in [3.8, 4) is 0 Å². The van der Waals surface area contributed by atoms with Crippen LogP contribution in [0.4, 0.5) is 10.9 Å². The van der Waals surface area contributed by atoms with E-state index in [2.05, 4.69) is 34.3 Å². The lowest BCUT2D eigenvalue weighted by molar-refractivity contribution is 0.0803. The lowest BCUT2D eigenvalue weighted by Gasteiger charge is -2.11. The number of ketones is 2. The van der Waals surface area contributed by atoms with Crippen molar-refractivity contribution in [2.45, 2.75) is 32.1 Å². The first-order valence-corrected chi connectivity index (χ1v) is 10.5. The zero-order valence-electron chi connectivity index (χ0n) is 16.4. The molecule has 1 aliphatic carbocycles. The minimum absolute atomic E-state index is 0.118. The molecule has 0 spiro atoms. The highest BCUT2D eigenvalue weighted by atomic mass is 32.1. The van der Waals surface area contributed by atoms with Crippen LogP contribution in [0.2, 0.25) is 0 Å². The number of pyridine rings is 1. The van der Waals surface area contributed by atoms with Gasteiger partial charge < -0.3 is 16.0 Å². The standard InChI is InChI=1S/C20H27N5O2S/c1-25(2)11-4-3-10-22-20-24-15-7-5-6-14(18(27)19(15)28-20)17(26)13-8-9-16(21)23-12-13/h8-9,12,14H,3-7,10-11H2,1-2H3,(H2,21,23)(H,22,24). The van der Waals surface area contributed by atoms with Gasteiger partial charge in [0.05, 0.1) is 16.5 Å². The number of unbranched alkanes of at least 4 members (excludes halogenated alkanes) is 1. The molecule has 0 bridgehead atoms. The molecular weight excluding hydrogens is 374 g/mol. The lowest BCUT2D eigenvalue weighted by atomic mass is 9.91. The summed E-state index contributed by atoms with van der Waals surface area (Å²) in [4.78, 5) is 37.3. The number of hydrogen-bond acceptors (Lipinski definition) is 8. The first-order valence-electron chi connectivity index (χ1n) is 9.64. The number of nitrogen functional groups attached to an aromatic ring is 1. The van der Waals surface area contributed by atoms with Crippen LogP contribution in [0.1, 0.15) is 51.4 Å². The predicted molar refractivity (Wildman–Crippen MR) is 112 cm³/mol. The Morgan fingerprint density at radius 3 is 2.89 bits per heavy atom. The maximum Gasteiger partial charge on any atom is 0.185 e. The van der Waals surface area contributed by atoms with E-state index in [-0.39, 0.29) is 11.6 Å². The molecular formula is C20H27N5O2S. The first-order chi connectivity index (χ1) is 13.5. The number of carbonyl (C=O) groups excluding carboxylic acids is 2. The van der Waals surface area contributed by atoms with E-state index in [0.717, 1.165) is 49.6 Å². The second kappa shape index (κ2) is 9.25. The van der Waals surface area contributed by atoms with Crippen LogP contribution in [-0.2, 0) is 6.42 Å². The minimum Gasteiger partial charge on any atom is -0.384 e. The van der Waals surface area contributed by atoms with Gasteiger partial charge in [-0.15, -0.1) is 0 Å². The summed E-state index contributed by atoms with van der Waals surface area (Å²) in [6.45, 7) is 1.88. The number of aromatic nitrogens is 2. The van der Waals surface area contributed by atoms with Gasteiger partial charge in [-0.2, -0.15) is 0 Å². The van der Waals surface area contributed by atoms with E-state index in [1.807, 2.05) is 0 Å². The molecule has 0 amide bonds. The van der Waals surface area contributed by atoms with Crippen molar-refractivity contribution in [1.82, 2.24) is 14.9 Å². The van der Waals surface area contributed by atoms with Crippen LogP contribution in [-0.4, -0.2) is 53.6 Å². The molecule has 0 fully saturated rings. The Hall–Kier alpha value is -2.32. The Balaban J connectivity index is 1.67. The Kier molecular flexibility index (Phi) is 6.74. The third-order valence-electron chi connectivity index (χ3n) is 4.84. The second-order valence-electron chi connectivity index (χ2n) is 7.38. The summed E-state index contributed by atoms with van der Waals surface area (Å²) in [6, 6.07) is 3.22. The van der Waals surface area contributed by atoms with E-state index in [4.69, 9.17) is 5.73 Å². The summed E-state index contributed by atoms with van der Waals surface area (Å²) in [5.41, 5.74) is 6.84. The maximum absolute atomic E-state index is 13.1. The summed E-state index contributed by atoms with van der Waals surface area (Å²) in [6.07, 6.45) is 5.63. The van der Waals surface area contributed by atoms with Gasteiger partial charge in [0.15, 0.2) is 16.7 Å². The van der Waals surface area contributed by atoms with E-state index < -0.39 is 5.92 Å². The third-order valence-corrected chi connectivity index (χ3v) is 5.91. The van der Waals surface area contributed by atoms with Crippen LogP contribution in [0.3, 0.4) is 0 Å². The van der Waals surface area contributed by atoms with E-state index in [1.165, 1.54) is 17.5 Å². The molecule has 28 heavy (non-hydrogen) atoms. The summed E-state index contributed by atoms with van der Waals surface area (Å²) in [7, 11) is 4.13. The number of Topliss-reactive ketones (excluding diaryl/α,β-unsaturated/α-hetero) is 2. The number of rotatable bonds is 8. The zero-order chi connectivity index (χ0) is 20.1. The average Bonchev–Trinajstić information content (AvgIpc) is 3.01. The molecule has 7 nitrogen and oxygen atoms in total. The van der Waals surface area contributed by atoms with Crippen molar-refractivity contribution in [1.29, 1.82) is 0 Å². The average molecular weight is 402 g/mol. The highest BCUT2D eigenvalue weighted by Crippen LogP contribution is 2.32. The van der Waals surface area contributed by atoms with E-state index in [0.29, 0.717) is 22.7 Å². The van der Waals surface area contributed by atoms with Crippen LogP contribution >= 0.6 is 11.3 Å². The van der Waals surface area contributed by atoms with E-state index in [9.17, 15) is 9.59 Å². The van der Waals surface area contributed by atoms with Crippen molar-refractivity contribution in [3.05, 3.63) is 34.5 Å². The summed E-state index contributed by atoms with van der Waals surface area (Å²) in [5.74, 6) is -0.612. The molecule has 0 saturated carbocycles. The Morgan fingerprint density at radius 2 is 2.18 bits per heavy atom. The first kappa shape index (κ1) is 20.4. The van der Waals surface area contributed by atoms with Gasteiger partial charge in [0.25, 0.3) is 0 Å². The summed E-state index contributed by atoms with van der Waals surface area (Å²) in [5, 5.41) is 4.10. The molecule has 2 heterocycles. The molecule has 0 saturated heterocycles. The molecule has 150 valence electrons. The molecule has 3 rings (SSSR count). The van der Waals surface area contributed by atoms with Crippen molar-refractivity contribution in [3.63, 3.8) is 0 Å². The van der Waals surface area contributed by atoms with E-state index >= 15 is 0 Å². The zero-order valence-corrected chi connectivity index (χ0v) is 17.2. The fourth-order valence-corrected chi connectivity index (χ4v) is 4.33. The van der Waals surface area contributed by atoms with Crippen molar-refractivity contribution in [2.24, 2.45) is 5.92 Å². The number of thiazole rings is 1. The highest BCUT2D eigenvalue weighted by Gasteiger charge is 2.34. The van der Waals surface area contributed by atoms with Crippen molar-refractivity contribution < 1.29 is 9.59 Å². The number of nitrogens with two attached hydrogens (primary N) is 1.